The molecular weight excluding hydrogens is 214 g/mol. The van der Waals surface area contributed by atoms with Crippen molar-refractivity contribution in [1.82, 2.24) is 0 Å². The minimum Gasteiger partial charge on any atom is -0.293 e. The van der Waals surface area contributed by atoms with Gasteiger partial charge in [0.25, 0.3) is 5.69 Å². The first-order valence-electron chi connectivity index (χ1n) is 4.34. The van der Waals surface area contributed by atoms with Crippen molar-refractivity contribution < 1.29 is 9.72 Å². The molecule has 1 aromatic rings. The van der Waals surface area contributed by atoms with Crippen LogP contribution >= 0.6 is 11.8 Å². The van der Waals surface area contributed by atoms with Crippen LogP contribution in [-0.2, 0) is 0 Å². The molecule has 0 aromatic heterocycles. The second kappa shape index (κ2) is 4.93. The summed E-state index contributed by atoms with van der Waals surface area (Å²) < 4.78 is 0. The molecule has 0 aliphatic heterocycles. The van der Waals surface area contributed by atoms with Gasteiger partial charge in [-0.2, -0.15) is 11.8 Å². The Morgan fingerprint density at radius 1 is 1.53 bits per heavy atom. The number of hydrogen-bond donors (Lipinski definition) is 0. The van der Waals surface area contributed by atoms with Crippen molar-refractivity contribution in [3.05, 3.63) is 39.4 Å². The summed E-state index contributed by atoms with van der Waals surface area (Å²) in [7, 11) is 0. The summed E-state index contributed by atoms with van der Waals surface area (Å²) in [6, 6.07) is 4.66. The van der Waals surface area contributed by atoms with Gasteiger partial charge in [-0.1, -0.05) is 12.1 Å². The van der Waals surface area contributed by atoms with Crippen LogP contribution in [0.4, 0.5) is 5.69 Å². The van der Waals surface area contributed by atoms with Gasteiger partial charge < -0.3 is 0 Å². The zero-order valence-electron chi connectivity index (χ0n) is 8.52. The van der Waals surface area contributed by atoms with Crippen LogP contribution in [0.5, 0.6) is 0 Å². The molecule has 0 amide bonds. The molecule has 80 valence electrons. The van der Waals surface area contributed by atoms with Crippen molar-refractivity contribution in [2.75, 3.05) is 12.0 Å². The number of nitrogens with zero attached hydrogens (tertiary/aromatic N) is 1. The Hall–Kier alpha value is -1.36. The lowest BCUT2D eigenvalue weighted by Gasteiger charge is -2.04. The van der Waals surface area contributed by atoms with Gasteiger partial charge in [-0.25, -0.2) is 0 Å². The van der Waals surface area contributed by atoms with Crippen LogP contribution in [0.15, 0.2) is 18.2 Å². The van der Waals surface area contributed by atoms with Gasteiger partial charge in [-0.15, -0.1) is 0 Å². The molecule has 0 saturated carbocycles. The van der Waals surface area contributed by atoms with E-state index in [1.807, 2.05) is 0 Å². The number of benzene rings is 1. The molecule has 0 N–H and O–H groups in total. The molecule has 0 bridgehead atoms. The summed E-state index contributed by atoms with van der Waals surface area (Å²) in [5.41, 5.74) is 0.786. The molecule has 1 aromatic carbocycles. The van der Waals surface area contributed by atoms with Gasteiger partial charge in [-0.05, 0) is 18.7 Å². The van der Waals surface area contributed by atoms with E-state index in [0.29, 0.717) is 5.56 Å². The van der Waals surface area contributed by atoms with Crippen LogP contribution in [0.2, 0.25) is 0 Å². The van der Waals surface area contributed by atoms with E-state index in [0.717, 1.165) is 0 Å². The molecular formula is C10H11NO3S. The Kier molecular flexibility index (Phi) is 3.85. The van der Waals surface area contributed by atoms with Crippen LogP contribution in [0.3, 0.4) is 0 Å². The third-order valence-electron chi connectivity index (χ3n) is 2.00. The molecule has 0 unspecified atom stereocenters. The molecule has 4 nitrogen and oxygen atoms in total. The van der Waals surface area contributed by atoms with Gasteiger partial charge in [0, 0.05) is 6.07 Å². The third-order valence-corrected chi connectivity index (χ3v) is 2.55. The van der Waals surface area contributed by atoms with E-state index in [1.54, 1.807) is 25.3 Å². The fourth-order valence-electron chi connectivity index (χ4n) is 1.37. The number of thioether (sulfide) groups is 1. The topological polar surface area (TPSA) is 60.2 Å². The SMILES string of the molecule is CSCC(=O)c1c(C)cccc1[N+](=O)[O-]. The first-order valence-corrected chi connectivity index (χ1v) is 5.73. The molecule has 0 spiro atoms. The largest absolute Gasteiger partial charge is 0.293 e. The van der Waals surface area contributed by atoms with Gasteiger partial charge in [0.1, 0.15) is 0 Å². The number of nitro benzene ring substituents is 1. The minimum atomic E-state index is -0.513. The summed E-state index contributed by atoms with van der Waals surface area (Å²) in [5, 5.41) is 10.7. The highest BCUT2D eigenvalue weighted by Gasteiger charge is 2.21. The summed E-state index contributed by atoms with van der Waals surface area (Å²) in [6.45, 7) is 1.71. The molecule has 0 atom stereocenters. The summed E-state index contributed by atoms with van der Waals surface area (Å²) in [4.78, 5) is 21.9. The Balaban J connectivity index is 3.24. The number of Topliss-reactive ketones (excluding diaryl/α,β-unsaturated/α-hetero) is 1. The number of aryl methyl sites for hydroxylation is 1. The second-order valence-electron chi connectivity index (χ2n) is 3.08. The molecule has 0 fully saturated rings. The summed E-state index contributed by atoms with van der Waals surface area (Å²) in [6.07, 6.45) is 1.79. The molecule has 0 heterocycles. The standard InChI is InChI=1S/C10H11NO3S/c1-7-4-3-5-8(11(13)14)10(7)9(12)6-15-2/h3-5H,6H2,1-2H3. The maximum atomic E-state index is 11.7. The average Bonchev–Trinajstić information content (AvgIpc) is 2.17. The average molecular weight is 225 g/mol. The zero-order chi connectivity index (χ0) is 11.4. The highest BCUT2D eigenvalue weighted by Crippen LogP contribution is 2.23. The molecule has 15 heavy (non-hydrogen) atoms. The predicted octanol–water partition coefficient (Wildman–Crippen LogP) is 2.45. The third kappa shape index (κ3) is 2.56. The molecule has 0 aliphatic rings. The smallest absolute Gasteiger partial charge is 0.280 e. The molecule has 0 saturated heterocycles. The number of rotatable bonds is 4. The fourth-order valence-corrected chi connectivity index (χ4v) is 1.78. The highest BCUT2D eigenvalue weighted by atomic mass is 32.2. The van der Waals surface area contributed by atoms with Crippen LogP contribution < -0.4 is 0 Å². The molecule has 0 aliphatic carbocycles. The molecule has 5 heteroatoms. The van der Waals surface area contributed by atoms with Gasteiger partial charge in [0.2, 0.25) is 0 Å². The lowest BCUT2D eigenvalue weighted by atomic mass is 10.0. The van der Waals surface area contributed by atoms with Crippen molar-refractivity contribution in [2.24, 2.45) is 0 Å². The highest BCUT2D eigenvalue weighted by molar-refractivity contribution is 7.99. The van der Waals surface area contributed by atoms with E-state index >= 15 is 0 Å². The van der Waals surface area contributed by atoms with Crippen molar-refractivity contribution in [2.45, 2.75) is 6.92 Å². The number of carbonyl (C=O) groups is 1. The van der Waals surface area contributed by atoms with E-state index in [2.05, 4.69) is 0 Å². The van der Waals surface area contributed by atoms with Crippen molar-refractivity contribution in [1.29, 1.82) is 0 Å². The van der Waals surface area contributed by atoms with Crippen molar-refractivity contribution in [3.8, 4) is 0 Å². The number of ketones is 1. The summed E-state index contributed by atoms with van der Waals surface area (Å²) in [5.74, 6) is 0.0819. The van der Waals surface area contributed by atoms with Gasteiger partial charge >= 0.3 is 0 Å². The zero-order valence-corrected chi connectivity index (χ0v) is 9.34. The number of carbonyl (C=O) groups excluding carboxylic acids is 1. The Morgan fingerprint density at radius 2 is 2.20 bits per heavy atom. The first-order chi connectivity index (χ1) is 7.07. The van der Waals surface area contributed by atoms with E-state index in [9.17, 15) is 14.9 Å². The van der Waals surface area contributed by atoms with Crippen LogP contribution in [-0.4, -0.2) is 22.7 Å². The van der Waals surface area contributed by atoms with Crippen LogP contribution in [0, 0.1) is 17.0 Å². The second-order valence-corrected chi connectivity index (χ2v) is 3.95. The van der Waals surface area contributed by atoms with E-state index in [4.69, 9.17) is 0 Å². The molecule has 1 rings (SSSR count). The van der Waals surface area contributed by atoms with Gasteiger partial charge in [-0.3, -0.25) is 14.9 Å². The first kappa shape index (κ1) is 11.7. The van der Waals surface area contributed by atoms with E-state index < -0.39 is 4.92 Å². The Labute approximate surface area is 91.8 Å². The minimum absolute atomic E-state index is 0.103. The maximum Gasteiger partial charge on any atom is 0.280 e. The van der Waals surface area contributed by atoms with Gasteiger partial charge in [0.15, 0.2) is 5.78 Å². The quantitative estimate of drug-likeness (QED) is 0.448. The Bertz CT molecular complexity index is 404. The molecule has 0 radical (unpaired) electrons. The fraction of sp³-hybridized carbons (Fsp3) is 0.300. The predicted molar refractivity (Wildman–Crippen MR) is 60.5 cm³/mol. The Morgan fingerprint density at radius 3 is 2.73 bits per heavy atom. The lowest BCUT2D eigenvalue weighted by Crippen LogP contribution is -2.08. The van der Waals surface area contributed by atoms with Crippen molar-refractivity contribution >= 4 is 23.2 Å². The number of nitro groups is 1. The lowest BCUT2D eigenvalue weighted by molar-refractivity contribution is -0.385. The monoisotopic (exact) mass is 225 g/mol. The van der Waals surface area contributed by atoms with E-state index in [-0.39, 0.29) is 22.8 Å². The van der Waals surface area contributed by atoms with Crippen molar-refractivity contribution in [3.63, 3.8) is 0 Å². The maximum absolute atomic E-state index is 11.7. The van der Waals surface area contributed by atoms with Crippen LogP contribution in [0.1, 0.15) is 15.9 Å². The number of hydrogen-bond acceptors (Lipinski definition) is 4. The van der Waals surface area contributed by atoms with Crippen LogP contribution in [0.25, 0.3) is 0 Å². The van der Waals surface area contributed by atoms with Gasteiger partial charge in [0.05, 0.1) is 16.2 Å². The van der Waals surface area contributed by atoms with E-state index in [1.165, 1.54) is 17.8 Å². The summed E-state index contributed by atoms with van der Waals surface area (Å²) >= 11 is 1.36. The normalized spacial score (nSPS) is 10.0.